The fraction of sp³-hybridized carbons (Fsp3) is 0.250. The minimum atomic E-state index is -0.626. The second kappa shape index (κ2) is 8.46. The van der Waals surface area contributed by atoms with Gasteiger partial charge in [-0.3, -0.25) is 19.7 Å². The lowest BCUT2D eigenvalue weighted by Crippen LogP contribution is -2.45. The highest BCUT2D eigenvalue weighted by molar-refractivity contribution is 7.13. The third kappa shape index (κ3) is 4.08. The number of benzene rings is 1. The number of non-ortho nitro benzene ring substituents is 1. The van der Waals surface area contributed by atoms with Crippen LogP contribution in [0.25, 0.3) is 16.3 Å². The summed E-state index contributed by atoms with van der Waals surface area (Å²) >= 11 is 1.47. The zero-order valence-corrected chi connectivity index (χ0v) is 16.7. The standard InChI is InChI=1S/C20H19N5O4S/c26-19-15(7-1-2-9-21-19)22-20(27)17-12-16(18-8-4-10-30-18)23-24(17)13-5-3-6-14(11-13)25(28)29/h3-6,8,10-12,15H,1-2,7,9H2,(H,21,26)(H,22,27). The van der Waals surface area contributed by atoms with Gasteiger partial charge in [0.15, 0.2) is 0 Å². The Labute approximate surface area is 175 Å². The fourth-order valence-corrected chi connectivity index (χ4v) is 4.01. The Morgan fingerprint density at radius 1 is 1.27 bits per heavy atom. The molecule has 1 atom stereocenters. The highest BCUT2D eigenvalue weighted by Gasteiger charge is 2.26. The van der Waals surface area contributed by atoms with Gasteiger partial charge in [-0.25, -0.2) is 4.68 Å². The lowest BCUT2D eigenvalue weighted by atomic mass is 10.1. The van der Waals surface area contributed by atoms with Crippen molar-refractivity contribution in [3.63, 3.8) is 0 Å². The smallest absolute Gasteiger partial charge is 0.271 e. The monoisotopic (exact) mass is 425 g/mol. The van der Waals surface area contributed by atoms with E-state index < -0.39 is 16.9 Å². The normalized spacial score (nSPS) is 16.5. The molecule has 3 aromatic rings. The van der Waals surface area contributed by atoms with Crippen LogP contribution in [0.1, 0.15) is 29.8 Å². The molecular formula is C20H19N5O4S. The number of nitro groups is 1. The number of nitro benzene ring substituents is 1. The zero-order valence-electron chi connectivity index (χ0n) is 15.9. The topological polar surface area (TPSA) is 119 Å². The highest BCUT2D eigenvalue weighted by atomic mass is 32.1. The molecule has 1 unspecified atom stereocenters. The molecule has 1 aromatic carbocycles. The molecule has 1 aliphatic rings. The average Bonchev–Trinajstić information content (AvgIpc) is 3.38. The number of nitrogens with one attached hydrogen (secondary N) is 2. The van der Waals surface area contributed by atoms with Crippen LogP contribution in [0.3, 0.4) is 0 Å². The van der Waals surface area contributed by atoms with Crippen LogP contribution in [0.2, 0.25) is 0 Å². The van der Waals surface area contributed by atoms with E-state index in [1.165, 1.54) is 28.2 Å². The van der Waals surface area contributed by atoms with E-state index in [2.05, 4.69) is 15.7 Å². The summed E-state index contributed by atoms with van der Waals surface area (Å²) in [6.07, 6.45) is 2.25. The molecule has 30 heavy (non-hydrogen) atoms. The summed E-state index contributed by atoms with van der Waals surface area (Å²) in [5.41, 5.74) is 1.07. The van der Waals surface area contributed by atoms with Crippen LogP contribution in [0.5, 0.6) is 0 Å². The van der Waals surface area contributed by atoms with Crippen molar-refractivity contribution in [2.45, 2.75) is 25.3 Å². The molecule has 10 heteroatoms. The SMILES string of the molecule is O=C(NC1CCCCNC1=O)c1cc(-c2cccs2)nn1-c1cccc([N+](=O)[O-])c1. The van der Waals surface area contributed by atoms with Gasteiger partial charge >= 0.3 is 0 Å². The summed E-state index contributed by atoms with van der Waals surface area (Å²) in [6, 6.07) is 10.7. The Morgan fingerprint density at radius 2 is 2.13 bits per heavy atom. The van der Waals surface area contributed by atoms with E-state index in [-0.39, 0.29) is 17.3 Å². The third-order valence-electron chi connectivity index (χ3n) is 4.84. The first-order valence-corrected chi connectivity index (χ1v) is 10.4. The molecule has 1 saturated heterocycles. The Hall–Kier alpha value is -3.53. The minimum absolute atomic E-state index is 0.102. The molecule has 1 fully saturated rings. The molecule has 2 amide bonds. The molecule has 0 spiro atoms. The Bertz CT molecular complexity index is 1090. The van der Waals surface area contributed by atoms with Gasteiger partial charge < -0.3 is 10.6 Å². The molecule has 2 N–H and O–H groups in total. The average molecular weight is 425 g/mol. The van der Waals surface area contributed by atoms with Crippen molar-refractivity contribution in [1.82, 2.24) is 20.4 Å². The number of aromatic nitrogens is 2. The van der Waals surface area contributed by atoms with E-state index in [1.807, 2.05) is 17.5 Å². The number of thiophene rings is 1. The number of nitrogens with zero attached hydrogens (tertiary/aromatic N) is 3. The largest absolute Gasteiger partial charge is 0.354 e. The van der Waals surface area contributed by atoms with Crippen LogP contribution in [0, 0.1) is 10.1 Å². The van der Waals surface area contributed by atoms with Gasteiger partial charge in [0.1, 0.15) is 17.4 Å². The number of rotatable bonds is 5. The van der Waals surface area contributed by atoms with Gasteiger partial charge in [-0.2, -0.15) is 5.10 Å². The minimum Gasteiger partial charge on any atom is -0.354 e. The number of hydrogen-bond acceptors (Lipinski definition) is 6. The van der Waals surface area contributed by atoms with Crippen LogP contribution in [-0.2, 0) is 4.79 Å². The molecule has 4 rings (SSSR count). The molecule has 0 aliphatic carbocycles. The predicted molar refractivity (Wildman–Crippen MR) is 112 cm³/mol. The van der Waals surface area contributed by atoms with Crippen molar-refractivity contribution in [1.29, 1.82) is 0 Å². The molecule has 3 heterocycles. The maximum atomic E-state index is 13.1. The summed E-state index contributed by atoms with van der Waals surface area (Å²) in [5, 5.41) is 23.2. The van der Waals surface area contributed by atoms with Crippen molar-refractivity contribution < 1.29 is 14.5 Å². The first kappa shape index (κ1) is 19.8. The summed E-state index contributed by atoms with van der Waals surface area (Å²) in [4.78, 5) is 36.9. The van der Waals surface area contributed by atoms with E-state index >= 15 is 0 Å². The van der Waals surface area contributed by atoms with Crippen LogP contribution < -0.4 is 10.6 Å². The lowest BCUT2D eigenvalue weighted by molar-refractivity contribution is -0.384. The summed E-state index contributed by atoms with van der Waals surface area (Å²) in [5.74, 6) is -0.667. The van der Waals surface area contributed by atoms with Crippen molar-refractivity contribution in [3.8, 4) is 16.3 Å². The number of hydrogen-bond donors (Lipinski definition) is 2. The van der Waals surface area contributed by atoms with E-state index in [4.69, 9.17) is 0 Å². The van der Waals surface area contributed by atoms with Gasteiger partial charge in [-0.1, -0.05) is 12.1 Å². The van der Waals surface area contributed by atoms with Gasteiger partial charge in [-0.05, 0) is 42.8 Å². The van der Waals surface area contributed by atoms with Gasteiger partial charge in [0.2, 0.25) is 5.91 Å². The predicted octanol–water partition coefficient (Wildman–Crippen LogP) is 2.91. The van der Waals surface area contributed by atoms with Crippen molar-refractivity contribution in [3.05, 3.63) is 63.7 Å². The number of amides is 2. The first-order chi connectivity index (χ1) is 14.5. The molecule has 0 radical (unpaired) electrons. The van der Waals surface area contributed by atoms with Crippen LogP contribution in [0.15, 0.2) is 47.8 Å². The van der Waals surface area contributed by atoms with E-state index in [0.717, 1.165) is 17.7 Å². The maximum Gasteiger partial charge on any atom is 0.271 e. The molecule has 154 valence electrons. The molecule has 2 aromatic heterocycles. The van der Waals surface area contributed by atoms with Crippen molar-refractivity contribution in [2.24, 2.45) is 0 Å². The molecule has 0 bridgehead atoms. The van der Waals surface area contributed by atoms with Gasteiger partial charge in [0, 0.05) is 18.7 Å². The van der Waals surface area contributed by atoms with Gasteiger partial charge in [0.25, 0.3) is 11.6 Å². The second-order valence-electron chi connectivity index (χ2n) is 6.89. The van der Waals surface area contributed by atoms with Gasteiger partial charge in [-0.15, -0.1) is 11.3 Å². The quantitative estimate of drug-likeness (QED) is 0.481. The van der Waals surface area contributed by atoms with E-state index in [9.17, 15) is 19.7 Å². The van der Waals surface area contributed by atoms with Crippen LogP contribution in [0.4, 0.5) is 5.69 Å². The van der Waals surface area contributed by atoms with Gasteiger partial charge in [0.05, 0.1) is 15.5 Å². The van der Waals surface area contributed by atoms with Crippen LogP contribution in [-0.4, -0.2) is 39.1 Å². The molecule has 1 aliphatic heterocycles. The summed E-state index contributed by atoms with van der Waals surface area (Å²) in [7, 11) is 0. The second-order valence-corrected chi connectivity index (χ2v) is 7.84. The van der Waals surface area contributed by atoms with E-state index in [1.54, 1.807) is 18.2 Å². The van der Waals surface area contributed by atoms with Crippen molar-refractivity contribution >= 4 is 28.8 Å². The first-order valence-electron chi connectivity index (χ1n) is 9.50. The summed E-state index contributed by atoms with van der Waals surface area (Å²) in [6.45, 7) is 0.597. The van der Waals surface area contributed by atoms with Crippen LogP contribution >= 0.6 is 11.3 Å². The number of carbonyl (C=O) groups excluding carboxylic acids is 2. The molecule has 9 nitrogen and oxygen atoms in total. The molecular weight excluding hydrogens is 406 g/mol. The Kier molecular flexibility index (Phi) is 5.57. The fourth-order valence-electron chi connectivity index (χ4n) is 3.33. The third-order valence-corrected chi connectivity index (χ3v) is 5.73. The molecule has 0 saturated carbocycles. The Balaban J connectivity index is 1.72. The Morgan fingerprint density at radius 3 is 2.90 bits per heavy atom. The highest BCUT2D eigenvalue weighted by Crippen LogP contribution is 2.27. The van der Waals surface area contributed by atoms with E-state index in [0.29, 0.717) is 24.3 Å². The maximum absolute atomic E-state index is 13.1. The lowest BCUT2D eigenvalue weighted by Gasteiger charge is -2.15. The number of carbonyl (C=O) groups is 2. The van der Waals surface area contributed by atoms with Crippen molar-refractivity contribution in [2.75, 3.05) is 6.54 Å². The zero-order chi connectivity index (χ0) is 21.1. The summed E-state index contributed by atoms with van der Waals surface area (Å²) < 4.78 is 1.38.